The highest BCUT2D eigenvalue weighted by molar-refractivity contribution is 5.98. The number of rotatable bonds is 9. The summed E-state index contributed by atoms with van der Waals surface area (Å²) in [6.45, 7) is 12.2. The molecular weight excluding hydrogens is 464 g/mol. The Bertz CT molecular complexity index is 1290. The molecule has 37 heavy (non-hydrogen) atoms. The van der Waals surface area contributed by atoms with Crippen molar-refractivity contribution < 1.29 is 19.4 Å². The lowest BCUT2D eigenvalue weighted by Gasteiger charge is -2.22. The fourth-order valence-electron chi connectivity index (χ4n) is 4.17. The van der Waals surface area contributed by atoms with E-state index in [-0.39, 0.29) is 6.42 Å². The third-order valence-electron chi connectivity index (χ3n) is 5.78. The van der Waals surface area contributed by atoms with E-state index in [0.717, 1.165) is 45.3 Å². The number of amides is 1. The maximum atomic E-state index is 12.6. The highest BCUT2D eigenvalue weighted by Crippen LogP contribution is 2.35. The molecule has 0 saturated heterocycles. The van der Waals surface area contributed by atoms with E-state index in [2.05, 4.69) is 56.4 Å². The zero-order chi connectivity index (χ0) is 27.2. The first-order valence-corrected chi connectivity index (χ1v) is 12.8. The number of carbonyl (C=O) groups excluding carboxylic acids is 1. The molecule has 0 bridgehead atoms. The summed E-state index contributed by atoms with van der Waals surface area (Å²) < 4.78 is 5.50. The van der Waals surface area contributed by atoms with Crippen molar-refractivity contribution in [3.63, 3.8) is 0 Å². The van der Waals surface area contributed by atoms with Crippen molar-refractivity contribution in [2.75, 3.05) is 0 Å². The van der Waals surface area contributed by atoms with E-state index in [1.165, 1.54) is 5.56 Å². The number of allylic oxidation sites excluding steroid dienone is 1. The Hall–Kier alpha value is -3.67. The van der Waals surface area contributed by atoms with Crippen LogP contribution in [-0.4, -0.2) is 27.8 Å². The van der Waals surface area contributed by atoms with Crippen LogP contribution in [-0.2, 0) is 22.5 Å². The Balaban J connectivity index is 2.16. The van der Waals surface area contributed by atoms with E-state index in [1.807, 2.05) is 45.1 Å². The number of nitrogens with zero attached hydrogens (tertiary/aromatic N) is 1. The van der Waals surface area contributed by atoms with E-state index in [1.54, 1.807) is 0 Å². The number of hydrogen-bond donors (Lipinski definition) is 2. The molecule has 0 unspecified atom stereocenters. The number of aliphatic carboxylic acids is 1. The van der Waals surface area contributed by atoms with Gasteiger partial charge in [-0.05, 0) is 75.3 Å². The lowest BCUT2D eigenvalue weighted by atomic mass is 9.90. The molecule has 1 aromatic heterocycles. The molecule has 3 aromatic rings. The van der Waals surface area contributed by atoms with Gasteiger partial charge in [0.1, 0.15) is 5.60 Å². The molecule has 0 radical (unpaired) electrons. The van der Waals surface area contributed by atoms with Crippen molar-refractivity contribution in [1.29, 1.82) is 0 Å². The van der Waals surface area contributed by atoms with Crippen LogP contribution >= 0.6 is 0 Å². The standard InChI is InChI=1S/C31H38N2O4/c1-20(2)17-27-25(19-32-30(36)37-31(4,5)6)29(23-14-11-21(3)12-15-23)24-18-22(13-16-26(24)33-27)9-7-8-10-28(34)35/h7,9,11-16,18,20H,8,10,17,19H2,1-6H3,(H,32,36)(H,34,35)/b9-7+. The summed E-state index contributed by atoms with van der Waals surface area (Å²) in [5.74, 6) is -0.429. The molecule has 0 aliphatic rings. The molecule has 0 spiro atoms. The summed E-state index contributed by atoms with van der Waals surface area (Å²) in [6, 6.07) is 14.5. The number of hydrogen-bond acceptors (Lipinski definition) is 4. The van der Waals surface area contributed by atoms with E-state index in [4.69, 9.17) is 14.8 Å². The Morgan fingerprint density at radius 2 is 1.81 bits per heavy atom. The summed E-state index contributed by atoms with van der Waals surface area (Å²) in [5.41, 5.74) is 6.45. The average Bonchev–Trinajstić information content (AvgIpc) is 2.79. The van der Waals surface area contributed by atoms with Crippen LogP contribution in [0.5, 0.6) is 0 Å². The molecule has 6 heteroatoms. The van der Waals surface area contributed by atoms with Crippen molar-refractivity contribution in [2.24, 2.45) is 5.92 Å². The molecule has 3 rings (SSSR count). The van der Waals surface area contributed by atoms with Gasteiger partial charge >= 0.3 is 12.1 Å². The minimum atomic E-state index is -0.811. The molecular formula is C31H38N2O4. The summed E-state index contributed by atoms with van der Waals surface area (Å²) in [6.07, 6.45) is 4.70. The van der Waals surface area contributed by atoms with Crippen LogP contribution in [0.15, 0.2) is 48.5 Å². The van der Waals surface area contributed by atoms with Crippen molar-refractivity contribution in [1.82, 2.24) is 10.3 Å². The van der Waals surface area contributed by atoms with Gasteiger partial charge in [-0.1, -0.05) is 61.9 Å². The van der Waals surface area contributed by atoms with Gasteiger partial charge in [0.2, 0.25) is 0 Å². The first-order valence-electron chi connectivity index (χ1n) is 12.8. The van der Waals surface area contributed by atoms with Crippen molar-refractivity contribution in [3.05, 3.63) is 70.9 Å². The maximum absolute atomic E-state index is 12.6. The highest BCUT2D eigenvalue weighted by atomic mass is 16.6. The molecule has 1 amide bonds. The summed E-state index contributed by atoms with van der Waals surface area (Å²) in [5, 5.41) is 12.9. The second kappa shape index (κ2) is 12.0. The normalized spacial score (nSPS) is 11.9. The number of alkyl carbamates (subject to hydrolysis) is 1. The molecule has 0 fully saturated rings. The summed E-state index contributed by atoms with van der Waals surface area (Å²) in [7, 11) is 0. The topological polar surface area (TPSA) is 88.5 Å². The zero-order valence-corrected chi connectivity index (χ0v) is 22.7. The first-order chi connectivity index (χ1) is 17.4. The van der Waals surface area contributed by atoms with Crippen molar-refractivity contribution in [2.45, 2.75) is 73.0 Å². The second-order valence-corrected chi connectivity index (χ2v) is 10.8. The van der Waals surface area contributed by atoms with Crippen molar-refractivity contribution >= 4 is 29.0 Å². The molecule has 0 atom stereocenters. The molecule has 6 nitrogen and oxygen atoms in total. The Morgan fingerprint density at radius 3 is 2.43 bits per heavy atom. The lowest BCUT2D eigenvalue weighted by Crippen LogP contribution is -2.32. The number of carboxylic acid groups (broad SMARTS) is 1. The van der Waals surface area contributed by atoms with Crippen molar-refractivity contribution in [3.8, 4) is 11.1 Å². The zero-order valence-electron chi connectivity index (χ0n) is 22.7. The third-order valence-corrected chi connectivity index (χ3v) is 5.78. The van der Waals surface area contributed by atoms with E-state index >= 15 is 0 Å². The number of carboxylic acids is 1. The minimum Gasteiger partial charge on any atom is -0.481 e. The number of ether oxygens (including phenoxy) is 1. The molecule has 0 saturated carbocycles. The number of aromatic nitrogens is 1. The highest BCUT2D eigenvalue weighted by Gasteiger charge is 2.21. The maximum Gasteiger partial charge on any atom is 0.407 e. The number of fused-ring (bicyclic) bond motifs is 1. The molecule has 1 heterocycles. The van der Waals surface area contributed by atoms with Crippen LogP contribution in [0.25, 0.3) is 28.1 Å². The van der Waals surface area contributed by atoms with E-state index < -0.39 is 17.7 Å². The predicted octanol–water partition coefficient (Wildman–Crippen LogP) is 7.31. The number of aryl methyl sites for hydroxylation is 1. The van der Waals surface area contributed by atoms with E-state index in [0.29, 0.717) is 18.9 Å². The first kappa shape index (κ1) is 27.9. The fourth-order valence-corrected chi connectivity index (χ4v) is 4.17. The second-order valence-electron chi connectivity index (χ2n) is 10.8. The van der Waals surface area contributed by atoms with Gasteiger partial charge in [0, 0.05) is 29.6 Å². The average molecular weight is 503 g/mol. The Labute approximate surface area is 219 Å². The van der Waals surface area contributed by atoms with Crippen LogP contribution in [0.3, 0.4) is 0 Å². The quantitative estimate of drug-likeness (QED) is 0.320. The number of pyridine rings is 1. The van der Waals surface area contributed by atoms with Gasteiger partial charge in [0.05, 0.1) is 5.52 Å². The minimum absolute atomic E-state index is 0.0965. The number of benzene rings is 2. The predicted molar refractivity (Wildman–Crippen MR) is 149 cm³/mol. The van der Waals surface area contributed by atoms with Gasteiger partial charge in [-0.2, -0.15) is 0 Å². The van der Waals surface area contributed by atoms with Gasteiger partial charge in [0.25, 0.3) is 0 Å². The van der Waals surface area contributed by atoms with Gasteiger partial charge in [-0.25, -0.2) is 4.79 Å². The third kappa shape index (κ3) is 8.17. The van der Waals surface area contributed by atoms with E-state index in [9.17, 15) is 9.59 Å². The van der Waals surface area contributed by atoms with Crippen LogP contribution in [0.4, 0.5) is 4.79 Å². The summed E-state index contributed by atoms with van der Waals surface area (Å²) in [4.78, 5) is 28.5. The largest absolute Gasteiger partial charge is 0.481 e. The lowest BCUT2D eigenvalue weighted by molar-refractivity contribution is -0.136. The summed E-state index contributed by atoms with van der Waals surface area (Å²) >= 11 is 0. The molecule has 2 N–H and O–H groups in total. The number of nitrogens with one attached hydrogen (secondary N) is 1. The van der Waals surface area contributed by atoms with Crippen LogP contribution in [0, 0.1) is 12.8 Å². The van der Waals surface area contributed by atoms with Gasteiger partial charge in [0.15, 0.2) is 0 Å². The fraction of sp³-hybridized carbons (Fsp3) is 0.387. The Kier molecular flexibility index (Phi) is 9.09. The van der Waals surface area contributed by atoms with Crippen LogP contribution in [0.1, 0.15) is 69.8 Å². The SMILES string of the molecule is Cc1ccc(-c2c(CNC(=O)OC(C)(C)C)c(CC(C)C)nc3ccc(/C=C/CCC(=O)O)cc23)cc1. The van der Waals surface area contributed by atoms with Gasteiger partial charge in [-0.15, -0.1) is 0 Å². The smallest absolute Gasteiger partial charge is 0.407 e. The van der Waals surface area contributed by atoms with Crippen LogP contribution in [0.2, 0.25) is 0 Å². The Morgan fingerprint density at radius 1 is 1.11 bits per heavy atom. The molecule has 0 aliphatic carbocycles. The van der Waals surface area contributed by atoms with Crippen LogP contribution < -0.4 is 5.32 Å². The molecule has 2 aromatic carbocycles. The monoisotopic (exact) mass is 502 g/mol. The van der Waals surface area contributed by atoms with Gasteiger partial charge in [-0.3, -0.25) is 9.78 Å². The van der Waals surface area contributed by atoms with Gasteiger partial charge < -0.3 is 15.2 Å². The molecule has 196 valence electrons. The molecule has 0 aliphatic heterocycles. The number of carbonyl (C=O) groups is 2.